The van der Waals surface area contributed by atoms with Crippen molar-refractivity contribution in [2.45, 2.75) is 6.92 Å². The molecule has 0 aliphatic rings. The van der Waals surface area contributed by atoms with Gasteiger partial charge in [0.05, 0.1) is 16.3 Å². The second-order valence-corrected chi connectivity index (χ2v) is 6.74. The number of carbonyl (C=O) groups is 1. The van der Waals surface area contributed by atoms with Crippen LogP contribution in [0.1, 0.15) is 21.5 Å². The number of benzene rings is 3. The van der Waals surface area contributed by atoms with E-state index in [0.29, 0.717) is 32.5 Å². The number of anilines is 1. The van der Waals surface area contributed by atoms with Gasteiger partial charge in [0.15, 0.2) is 0 Å². The molecule has 0 aliphatic heterocycles. The van der Waals surface area contributed by atoms with Gasteiger partial charge >= 0.3 is 0 Å². The van der Waals surface area contributed by atoms with Gasteiger partial charge in [0.2, 0.25) is 0 Å². The van der Waals surface area contributed by atoms with E-state index in [2.05, 4.69) is 10.3 Å². The predicted molar refractivity (Wildman–Crippen MR) is 111 cm³/mol. The van der Waals surface area contributed by atoms with Crippen LogP contribution in [0.2, 0.25) is 10.0 Å². The quantitative estimate of drug-likeness (QED) is 0.528. The Morgan fingerprint density at radius 3 is 2.52 bits per heavy atom. The highest BCUT2D eigenvalue weighted by molar-refractivity contribution is 6.37. The van der Waals surface area contributed by atoms with Crippen molar-refractivity contribution in [1.29, 1.82) is 0 Å². The lowest BCUT2D eigenvalue weighted by Gasteiger charge is -2.07. The van der Waals surface area contributed by atoms with Crippen LogP contribution in [-0.2, 0) is 0 Å². The zero-order valence-corrected chi connectivity index (χ0v) is 15.9. The van der Waals surface area contributed by atoms with E-state index in [1.165, 1.54) is 6.07 Å². The van der Waals surface area contributed by atoms with E-state index >= 15 is 0 Å². The number of carbonyl (C=O) groups excluding carboxylic acids is 1. The van der Waals surface area contributed by atoms with Crippen molar-refractivity contribution < 1.29 is 9.90 Å². The second-order valence-electron chi connectivity index (χ2n) is 5.90. The van der Waals surface area contributed by atoms with Crippen LogP contribution < -0.4 is 5.32 Å². The van der Waals surface area contributed by atoms with Crippen LogP contribution in [0.15, 0.2) is 65.7 Å². The molecule has 0 heterocycles. The number of rotatable bonds is 4. The van der Waals surface area contributed by atoms with Crippen molar-refractivity contribution in [2.75, 3.05) is 5.32 Å². The topological polar surface area (TPSA) is 61.7 Å². The summed E-state index contributed by atoms with van der Waals surface area (Å²) in [5.74, 6) is -0.109. The molecule has 0 radical (unpaired) electrons. The molecule has 4 nitrogen and oxygen atoms in total. The molecule has 136 valence electrons. The Balaban J connectivity index is 1.71. The maximum Gasteiger partial charge on any atom is 0.257 e. The van der Waals surface area contributed by atoms with E-state index in [0.717, 1.165) is 5.56 Å². The molecule has 3 aromatic carbocycles. The van der Waals surface area contributed by atoms with E-state index in [-0.39, 0.29) is 11.7 Å². The lowest BCUT2D eigenvalue weighted by Crippen LogP contribution is -2.12. The van der Waals surface area contributed by atoms with Crippen molar-refractivity contribution in [1.82, 2.24) is 0 Å². The molecular weight excluding hydrogens is 383 g/mol. The Morgan fingerprint density at radius 1 is 1.07 bits per heavy atom. The van der Waals surface area contributed by atoms with Gasteiger partial charge in [-0.15, -0.1) is 0 Å². The largest absolute Gasteiger partial charge is 0.507 e. The molecule has 0 saturated carbocycles. The number of phenolic OH excluding ortho intramolecular Hbond substituents is 1. The summed E-state index contributed by atoms with van der Waals surface area (Å²) in [7, 11) is 0. The van der Waals surface area contributed by atoms with Gasteiger partial charge in [0.25, 0.3) is 5.91 Å². The fourth-order valence-electron chi connectivity index (χ4n) is 2.43. The molecule has 6 heteroatoms. The molecule has 0 unspecified atom stereocenters. The first-order chi connectivity index (χ1) is 12.9. The number of amides is 1. The van der Waals surface area contributed by atoms with Gasteiger partial charge in [-0.25, -0.2) is 0 Å². The van der Waals surface area contributed by atoms with Crippen LogP contribution in [-0.4, -0.2) is 17.2 Å². The van der Waals surface area contributed by atoms with Crippen molar-refractivity contribution >= 4 is 46.7 Å². The summed E-state index contributed by atoms with van der Waals surface area (Å²) in [4.78, 5) is 16.7. The predicted octanol–water partition coefficient (Wildman–Crippen LogP) is 6.01. The minimum atomic E-state index is -0.322. The summed E-state index contributed by atoms with van der Waals surface area (Å²) in [5.41, 5.74) is 3.09. The molecule has 0 spiro atoms. The minimum absolute atomic E-state index is 0.213. The standard InChI is InChI=1S/C21H16Cl2N2O2/c1-13-3-2-4-14(20(13)26)12-24-16-6-8-17(9-7-16)25-21(27)18-10-5-15(22)11-19(18)23/h2-12,26H,1H3,(H,25,27). The number of aliphatic imine (C=N–C) groups is 1. The number of aryl methyl sites for hydroxylation is 1. The normalized spacial score (nSPS) is 10.9. The molecule has 3 aromatic rings. The number of nitrogens with zero attached hydrogens (tertiary/aromatic N) is 1. The number of para-hydroxylation sites is 1. The van der Waals surface area contributed by atoms with Gasteiger partial charge in [0, 0.05) is 22.5 Å². The summed E-state index contributed by atoms with van der Waals surface area (Å²) in [6, 6.07) is 17.2. The summed E-state index contributed by atoms with van der Waals surface area (Å²) in [6.45, 7) is 1.83. The number of nitrogens with one attached hydrogen (secondary N) is 1. The maximum absolute atomic E-state index is 12.3. The minimum Gasteiger partial charge on any atom is -0.507 e. The molecule has 3 rings (SSSR count). The average Bonchev–Trinajstić information content (AvgIpc) is 2.64. The zero-order chi connectivity index (χ0) is 19.4. The Hall–Kier alpha value is -2.82. The smallest absolute Gasteiger partial charge is 0.257 e. The molecule has 0 atom stereocenters. The second kappa shape index (κ2) is 8.25. The molecule has 2 N–H and O–H groups in total. The molecule has 0 aromatic heterocycles. The highest BCUT2D eigenvalue weighted by Crippen LogP contribution is 2.24. The summed E-state index contributed by atoms with van der Waals surface area (Å²) in [6.07, 6.45) is 1.60. The third kappa shape index (κ3) is 4.67. The lowest BCUT2D eigenvalue weighted by molar-refractivity contribution is 0.102. The van der Waals surface area contributed by atoms with Gasteiger partial charge in [-0.1, -0.05) is 35.3 Å². The van der Waals surface area contributed by atoms with Crippen molar-refractivity contribution in [3.05, 3.63) is 87.4 Å². The number of hydrogen-bond donors (Lipinski definition) is 2. The van der Waals surface area contributed by atoms with E-state index in [9.17, 15) is 9.90 Å². The molecule has 27 heavy (non-hydrogen) atoms. The first-order valence-corrected chi connectivity index (χ1v) is 8.89. The molecule has 1 amide bonds. The van der Waals surface area contributed by atoms with E-state index in [1.54, 1.807) is 48.7 Å². The third-order valence-corrected chi connectivity index (χ3v) is 4.47. The van der Waals surface area contributed by atoms with Gasteiger partial charge in [-0.05, 0) is 61.0 Å². The molecule has 0 bridgehead atoms. The van der Waals surface area contributed by atoms with E-state index in [1.807, 2.05) is 19.1 Å². The monoisotopic (exact) mass is 398 g/mol. The average molecular weight is 399 g/mol. The SMILES string of the molecule is Cc1cccc(C=Nc2ccc(NC(=O)c3ccc(Cl)cc3Cl)cc2)c1O. The van der Waals surface area contributed by atoms with Crippen LogP contribution in [0.5, 0.6) is 5.75 Å². The van der Waals surface area contributed by atoms with E-state index < -0.39 is 0 Å². The van der Waals surface area contributed by atoms with Crippen LogP contribution >= 0.6 is 23.2 Å². The van der Waals surface area contributed by atoms with Gasteiger partial charge in [-0.3, -0.25) is 9.79 Å². The first-order valence-electron chi connectivity index (χ1n) is 8.13. The summed E-state index contributed by atoms with van der Waals surface area (Å²) >= 11 is 11.9. The van der Waals surface area contributed by atoms with Gasteiger partial charge in [-0.2, -0.15) is 0 Å². The van der Waals surface area contributed by atoms with Crippen molar-refractivity contribution in [3.8, 4) is 5.75 Å². The summed E-state index contributed by atoms with van der Waals surface area (Å²) in [5, 5.41) is 13.5. The fourth-order valence-corrected chi connectivity index (χ4v) is 2.93. The van der Waals surface area contributed by atoms with Crippen LogP contribution in [0.4, 0.5) is 11.4 Å². The molecule has 0 aliphatic carbocycles. The lowest BCUT2D eigenvalue weighted by atomic mass is 10.1. The number of aromatic hydroxyl groups is 1. The summed E-state index contributed by atoms with van der Waals surface area (Å²) < 4.78 is 0. The van der Waals surface area contributed by atoms with Crippen LogP contribution in [0, 0.1) is 6.92 Å². The molecule has 0 saturated heterocycles. The number of phenols is 1. The number of halogens is 2. The third-order valence-electron chi connectivity index (χ3n) is 3.92. The first kappa shape index (κ1) is 19.0. The molecular formula is C21H16Cl2N2O2. The maximum atomic E-state index is 12.3. The van der Waals surface area contributed by atoms with Crippen molar-refractivity contribution in [3.63, 3.8) is 0 Å². The Kier molecular flexibility index (Phi) is 5.79. The van der Waals surface area contributed by atoms with Crippen LogP contribution in [0.3, 0.4) is 0 Å². The Labute approximate surface area is 167 Å². The highest BCUT2D eigenvalue weighted by atomic mass is 35.5. The fraction of sp³-hybridized carbons (Fsp3) is 0.0476. The van der Waals surface area contributed by atoms with Gasteiger partial charge < -0.3 is 10.4 Å². The van der Waals surface area contributed by atoms with Crippen molar-refractivity contribution in [2.24, 2.45) is 4.99 Å². The molecule has 0 fully saturated rings. The Morgan fingerprint density at radius 2 is 1.81 bits per heavy atom. The number of hydrogen-bond acceptors (Lipinski definition) is 3. The van der Waals surface area contributed by atoms with Gasteiger partial charge in [0.1, 0.15) is 5.75 Å². The van der Waals surface area contributed by atoms with Crippen LogP contribution in [0.25, 0.3) is 0 Å². The zero-order valence-electron chi connectivity index (χ0n) is 14.4. The Bertz CT molecular complexity index is 1020. The highest BCUT2D eigenvalue weighted by Gasteiger charge is 2.11. The van der Waals surface area contributed by atoms with E-state index in [4.69, 9.17) is 23.2 Å².